The summed E-state index contributed by atoms with van der Waals surface area (Å²) in [5.74, 6) is -0.0105. The summed E-state index contributed by atoms with van der Waals surface area (Å²) in [6, 6.07) is 7.77. The Hall–Kier alpha value is -3.53. The molecule has 35 heavy (non-hydrogen) atoms. The number of aromatic nitrogens is 4. The van der Waals surface area contributed by atoms with Crippen molar-refractivity contribution in [2.75, 3.05) is 33.0 Å². The molecule has 0 amide bonds. The monoisotopic (exact) mass is 474 g/mol. The number of fused-ring (bicyclic) bond motifs is 2. The number of hydrogen-bond acceptors (Lipinski definition) is 6. The lowest BCUT2D eigenvalue weighted by Gasteiger charge is -2.38. The fourth-order valence-corrected chi connectivity index (χ4v) is 4.77. The molecule has 8 nitrogen and oxygen atoms in total. The van der Waals surface area contributed by atoms with E-state index in [0.29, 0.717) is 22.7 Å². The van der Waals surface area contributed by atoms with Crippen LogP contribution in [0.25, 0.3) is 33.2 Å². The minimum atomic E-state index is -0.381. The molecule has 0 fully saturated rings. The van der Waals surface area contributed by atoms with Crippen LogP contribution in [-0.4, -0.2) is 63.7 Å². The predicted molar refractivity (Wildman–Crippen MR) is 140 cm³/mol. The highest BCUT2D eigenvalue weighted by Gasteiger charge is 2.33. The third kappa shape index (κ3) is 4.12. The zero-order valence-electron chi connectivity index (χ0n) is 20.4. The molecule has 2 unspecified atom stereocenters. The Kier molecular flexibility index (Phi) is 5.92. The molecule has 0 bridgehead atoms. The topological polar surface area (TPSA) is 99.8 Å². The molecule has 2 atom stereocenters. The second-order valence-corrected chi connectivity index (χ2v) is 9.38. The van der Waals surface area contributed by atoms with E-state index in [-0.39, 0.29) is 17.4 Å². The fraction of sp³-hybridized carbons (Fsp3) is 0.308. The molecule has 182 valence electrons. The van der Waals surface area contributed by atoms with Crippen LogP contribution in [0.4, 0.5) is 10.3 Å². The molecule has 1 aliphatic rings. The third-order valence-corrected chi connectivity index (χ3v) is 6.84. The first kappa shape index (κ1) is 23.2. The maximum Gasteiger partial charge on any atom is 0.229 e. The number of likely N-dealkylation sites (N-methyl/N-ethyl adjacent to an activating group) is 1. The molecule has 9 heteroatoms. The van der Waals surface area contributed by atoms with Gasteiger partial charge in [0.25, 0.3) is 0 Å². The van der Waals surface area contributed by atoms with E-state index in [1.807, 2.05) is 61.3 Å². The van der Waals surface area contributed by atoms with Crippen molar-refractivity contribution in [3.63, 3.8) is 0 Å². The fourth-order valence-electron chi connectivity index (χ4n) is 4.77. The van der Waals surface area contributed by atoms with Gasteiger partial charge in [-0.15, -0.1) is 0 Å². The van der Waals surface area contributed by atoms with Gasteiger partial charge in [0.05, 0.1) is 16.6 Å². The maximum atomic E-state index is 14.8. The van der Waals surface area contributed by atoms with Gasteiger partial charge < -0.3 is 30.8 Å². The number of anilines is 1. The van der Waals surface area contributed by atoms with Crippen LogP contribution in [0.15, 0.2) is 60.6 Å². The number of para-hydroxylation sites is 1. The van der Waals surface area contributed by atoms with Crippen molar-refractivity contribution in [2.45, 2.75) is 18.0 Å². The van der Waals surface area contributed by atoms with Crippen molar-refractivity contribution in [1.29, 1.82) is 0 Å². The molecule has 1 aliphatic carbocycles. The summed E-state index contributed by atoms with van der Waals surface area (Å²) < 4.78 is 16.8. The zero-order valence-corrected chi connectivity index (χ0v) is 20.4. The Bertz CT molecular complexity index is 1450. The van der Waals surface area contributed by atoms with Crippen LogP contribution in [-0.2, 0) is 7.05 Å². The van der Waals surface area contributed by atoms with Crippen LogP contribution in [0.1, 0.15) is 6.42 Å². The minimum absolute atomic E-state index is 0.246. The van der Waals surface area contributed by atoms with E-state index in [9.17, 15) is 4.39 Å². The van der Waals surface area contributed by atoms with Crippen LogP contribution in [0, 0.1) is 5.82 Å². The number of nitrogens with one attached hydrogen (secondary N) is 3. The highest BCUT2D eigenvalue weighted by molar-refractivity contribution is 6.03. The number of aryl methyl sites for hydroxylation is 1. The number of allylic oxidation sites excluding steroid dienone is 1. The Morgan fingerprint density at radius 1 is 1.26 bits per heavy atom. The first-order chi connectivity index (χ1) is 16.8. The molecule has 3 heterocycles. The average molecular weight is 475 g/mol. The highest BCUT2D eigenvalue weighted by Crippen LogP contribution is 2.35. The molecule has 0 aliphatic heterocycles. The number of aromatic amines is 1. The molecule has 0 spiro atoms. The van der Waals surface area contributed by atoms with Gasteiger partial charge in [-0.05, 0) is 52.3 Å². The van der Waals surface area contributed by atoms with Gasteiger partial charge in [0.15, 0.2) is 5.82 Å². The summed E-state index contributed by atoms with van der Waals surface area (Å²) in [5.41, 5.74) is 9.91. The quantitative estimate of drug-likeness (QED) is 0.328. The summed E-state index contributed by atoms with van der Waals surface area (Å²) in [5, 5.41) is 8.05. The number of rotatable bonds is 7. The van der Waals surface area contributed by atoms with Gasteiger partial charge in [-0.3, -0.25) is 0 Å². The largest absolute Gasteiger partial charge is 0.350 e. The molecule has 4 aromatic rings. The summed E-state index contributed by atoms with van der Waals surface area (Å²) in [4.78, 5) is 14.4. The Balaban J connectivity index is 1.52. The normalized spacial score (nSPS) is 20.2. The maximum absolute atomic E-state index is 14.8. The minimum Gasteiger partial charge on any atom is -0.350 e. The second-order valence-electron chi connectivity index (χ2n) is 9.38. The molecule has 5 rings (SSSR count). The first-order valence-corrected chi connectivity index (χ1v) is 11.7. The Labute approximate surface area is 203 Å². The predicted octanol–water partition coefficient (Wildman–Crippen LogP) is 3.36. The van der Waals surface area contributed by atoms with Crippen LogP contribution in [0.5, 0.6) is 0 Å². The lowest BCUT2D eigenvalue weighted by Crippen LogP contribution is -2.57. The van der Waals surface area contributed by atoms with Crippen LogP contribution in [0.2, 0.25) is 0 Å². The molecule has 0 radical (unpaired) electrons. The SMILES string of the molecule is CNC1(CCN(C)C)C=CC(Nc2nc(-c3cn(C)c4ccccc34)c3c(F)c[nH]c3n2)=CC1N. The lowest BCUT2D eigenvalue weighted by molar-refractivity contribution is 0.300. The highest BCUT2D eigenvalue weighted by atomic mass is 19.1. The van der Waals surface area contributed by atoms with Crippen molar-refractivity contribution >= 4 is 27.9 Å². The second kappa shape index (κ2) is 8.92. The van der Waals surface area contributed by atoms with Crippen molar-refractivity contribution < 1.29 is 4.39 Å². The van der Waals surface area contributed by atoms with Gasteiger partial charge >= 0.3 is 0 Å². The van der Waals surface area contributed by atoms with Crippen molar-refractivity contribution in [3.8, 4) is 11.3 Å². The van der Waals surface area contributed by atoms with Gasteiger partial charge in [-0.25, -0.2) is 9.37 Å². The molecular formula is C26H31FN8. The molecule has 0 saturated carbocycles. The summed E-state index contributed by atoms with van der Waals surface area (Å²) in [6.07, 6.45) is 10.2. The van der Waals surface area contributed by atoms with Crippen molar-refractivity contribution in [2.24, 2.45) is 12.8 Å². The summed E-state index contributed by atoms with van der Waals surface area (Å²) in [7, 11) is 8.00. The van der Waals surface area contributed by atoms with E-state index in [4.69, 9.17) is 10.7 Å². The number of hydrogen-bond donors (Lipinski definition) is 4. The van der Waals surface area contributed by atoms with Crippen LogP contribution >= 0.6 is 0 Å². The zero-order chi connectivity index (χ0) is 24.7. The number of benzene rings is 1. The van der Waals surface area contributed by atoms with Gasteiger partial charge in [-0.1, -0.05) is 24.3 Å². The first-order valence-electron chi connectivity index (χ1n) is 11.7. The Morgan fingerprint density at radius 2 is 2.06 bits per heavy atom. The van der Waals surface area contributed by atoms with Crippen LogP contribution in [0.3, 0.4) is 0 Å². The van der Waals surface area contributed by atoms with Gasteiger partial charge in [0.2, 0.25) is 5.95 Å². The Morgan fingerprint density at radius 3 is 2.80 bits per heavy atom. The third-order valence-electron chi connectivity index (χ3n) is 6.84. The average Bonchev–Trinajstić information content (AvgIpc) is 3.38. The van der Waals surface area contributed by atoms with Crippen LogP contribution < -0.4 is 16.4 Å². The lowest BCUT2D eigenvalue weighted by atomic mass is 9.83. The van der Waals surface area contributed by atoms with Gasteiger partial charge in [-0.2, -0.15) is 4.98 Å². The molecule has 5 N–H and O–H groups in total. The summed E-state index contributed by atoms with van der Waals surface area (Å²) in [6.45, 7) is 0.905. The molecule has 3 aromatic heterocycles. The number of halogens is 1. The molecule has 1 aromatic carbocycles. The smallest absolute Gasteiger partial charge is 0.229 e. The number of nitrogens with zero attached hydrogens (tertiary/aromatic N) is 4. The van der Waals surface area contributed by atoms with E-state index in [2.05, 4.69) is 45.7 Å². The number of nitrogens with two attached hydrogens (primary N) is 1. The van der Waals surface area contributed by atoms with Crippen molar-refractivity contribution in [3.05, 3.63) is 66.4 Å². The van der Waals surface area contributed by atoms with Crippen molar-refractivity contribution in [1.82, 2.24) is 29.7 Å². The van der Waals surface area contributed by atoms with E-state index in [1.54, 1.807) is 0 Å². The van der Waals surface area contributed by atoms with E-state index in [0.717, 1.165) is 35.1 Å². The van der Waals surface area contributed by atoms with Gasteiger partial charge in [0, 0.05) is 47.6 Å². The molecule has 0 saturated heterocycles. The van der Waals surface area contributed by atoms with E-state index >= 15 is 0 Å². The summed E-state index contributed by atoms with van der Waals surface area (Å²) >= 11 is 0. The van der Waals surface area contributed by atoms with E-state index < -0.39 is 0 Å². The molecular weight excluding hydrogens is 443 g/mol. The number of H-pyrrole nitrogens is 1. The van der Waals surface area contributed by atoms with Gasteiger partial charge in [0.1, 0.15) is 5.65 Å². The van der Waals surface area contributed by atoms with E-state index in [1.165, 1.54) is 6.20 Å². The standard InChI is InChI=1S/C26H31FN8/c1-29-26(11-12-34(2)3)10-9-16(13-21(26)28)31-25-32-23(22-19(27)14-30-24(22)33-25)18-15-35(4)20-8-6-5-7-17(18)20/h5-10,13-15,21,29H,11-12,28H2,1-4H3,(H2,30,31,32,33).